The van der Waals surface area contributed by atoms with E-state index in [1.54, 1.807) is 6.92 Å². The molecule has 0 aromatic heterocycles. The predicted molar refractivity (Wildman–Crippen MR) is 68.8 cm³/mol. The molecule has 1 aliphatic rings. The van der Waals surface area contributed by atoms with Crippen molar-refractivity contribution in [2.45, 2.75) is 32.4 Å². The molecule has 18 heavy (non-hydrogen) atoms. The number of hydrogen-bond acceptors (Lipinski definition) is 4. The van der Waals surface area contributed by atoms with Crippen LogP contribution < -0.4 is 9.64 Å². The molecule has 1 atom stereocenters. The van der Waals surface area contributed by atoms with Gasteiger partial charge >= 0.3 is 0 Å². The maximum absolute atomic E-state index is 11.0. The SMILES string of the molecule is CC(=O)CCCCN1c2ccccc2OC1C=O. The molecule has 0 bridgehead atoms. The number of carbonyl (C=O) groups is 2. The molecule has 0 spiro atoms. The number of ketones is 1. The first-order chi connectivity index (χ1) is 8.72. The highest BCUT2D eigenvalue weighted by Crippen LogP contribution is 2.36. The largest absolute Gasteiger partial charge is 0.461 e. The minimum atomic E-state index is -0.528. The molecule has 4 nitrogen and oxygen atoms in total. The molecular weight excluding hydrogens is 230 g/mol. The van der Waals surface area contributed by atoms with Crippen molar-refractivity contribution < 1.29 is 14.3 Å². The lowest BCUT2D eigenvalue weighted by molar-refractivity contribution is -0.117. The number of unbranched alkanes of at least 4 members (excludes halogenated alkanes) is 1. The molecule has 0 fully saturated rings. The Bertz CT molecular complexity index is 444. The molecule has 0 radical (unpaired) electrons. The van der Waals surface area contributed by atoms with Crippen LogP contribution in [0.15, 0.2) is 24.3 Å². The first-order valence-electron chi connectivity index (χ1n) is 6.19. The maximum atomic E-state index is 11.0. The summed E-state index contributed by atoms with van der Waals surface area (Å²) in [5, 5.41) is 0. The number of hydrogen-bond donors (Lipinski definition) is 0. The molecule has 1 aromatic rings. The summed E-state index contributed by atoms with van der Waals surface area (Å²) in [4.78, 5) is 23.8. The van der Waals surface area contributed by atoms with Crippen LogP contribution in [0.1, 0.15) is 26.2 Å². The minimum Gasteiger partial charge on any atom is -0.461 e. The average molecular weight is 247 g/mol. The molecular formula is C14H17NO3. The zero-order chi connectivity index (χ0) is 13.0. The number of anilines is 1. The summed E-state index contributed by atoms with van der Waals surface area (Å²) in [7, 11) is 0. The van der Waals surface area contributed by atoms with Crippen molar-refractivity contribution in [2.24, 2.45) is 0 Å². The molecule has 1 aliphatic heterocycles. The van der Waals surface area contributed by atoms with Crippen LogP contribution in [0.4, 0.5) is 5.69 Å². The van der Waals surface area contributed by atoms with Crippen LogP contribution in [0, 0.1) is 0 Å². The van der Waals surface area contributed by atoms with Crippen molar-refractivity contribution in [1.82, 2.24) is 0 Å². The van der Waals surface area contributed by atoms with E-state index < -0.39 is 6.23 Å². The second-order valence-electron chi connectivity index (χ2n) is 4.46. The fourth-order valence-corrected chi connectivity index (χ4v) is 2.13. The van der Waals surface area contributed by atoms with Crippen molar-refractivity contribution in [3.05, 3.63) is 24.3 Å². The van der Waals surface area contributed by atoms with Gasteiger partial charge < -0.3 is 14.4 Å². The molecule has 0 saturated heterocycles. The molecule has 1 aromatic carbocycles. The molecule has 0 amide bonds. The summed E-state index contributed by atoms with van der Waals surface area (Å²) in [5.41, 5.74) is 0.956. The van der Waals surface area contributed by atoms with Crippen LogP contribution in [0.3, 0.4) is 0 Å². The maximum Gasteiger partial charge on any atom is 0.229 e. The first kappa shape index (κ1) is 12.6. The van der Waals surface area contributed by atoms with E-state index in [1.165, 1.54) is 0 Å². The Kier molecular flexibility index (Phi) is 3.97. The smallest absolute Gasteiger partial charge is 0.229 e. The van der Waals surface area contributed by atoms with E-state index in [1.807, 2.05) is 29.2 Å². The van der Waals surface area contributed by atoms with Crippen molar-refractivity contribution in [3.8, 4) is 5.75 Å². The lowest BCUT2D eigenvalue weighted by atomic mass is 10.2. The molecule has 4 heteroatoms. The monoisotopic (exact) mass is 247 g/mol. The fraction of sp³-hybridized carbons (Fsp3) is 0.429. The molecule has 0 saturated carbocycles. The number of rotatable bonds is 6. The van der Waals surface area contributed by atoms with Gasteiger partial charge in [-0.1, -0.05) is 12.1 Å². The second-order valence-corrected chi connectivity index (χ2v) is 4.46. The topological polar surface area (TPSA) is 46.6 Å². The van der Waals surface area contributed by atoms with Crippen LogP contribution in [0.5, 0.6) is 5.75 Å². The average Bonchev–Trinajstić information content (AvgIpc) is 2.72. The van der Waals surface area contributed by atoms with Gasteiger partial charge in [0.1, 0.15) is 11.5 Å². The van der Waals surface area contributed by atoms with Gasteiger partial charge in [-0.15, -0.1) is 0 Å². The van der Waals surface area contributed by atoms with E-state index in [-0.39, 0.29) is 5.78 Å². The number of ether oxygens (including phenoxy) is 1. The normalized spacial score (nSPS) is 17.2. The third kappa shape index (κ3) is 2.70. The van der Waals surface area contributed by atoms with Crippen molar-refractivity contribution >= 4 is 17.8 Å². The number of Topliss-reactive ketones (excluding diaryl/α,β-unsaturated/α-hetero) is 1. The summed E-state index contributed by atoms with van der Waals surface area (Å²) in [6.07, 6.45) is 2.61. The minimum absolute atomic E-state index is 0.208. The van der Waals surface area contributed by atoms with Gasteiger partial charge in [-0.2, -0.15) is 0 Å². The van der Waals surface area contributed by atoms with E-state index in [2.05, 4.69) is 0 Å². The standard InChI is InChI=1S/C14H17NO3/c1-11(17)6-4-5-9-15-12-7-2-3-8-13(12)18-14(15)10-16/h2-3,7-8,10,14H,4-6,9H2,1H3. The zero-order valence-corrected chi connectivity index (χ0v) is 10.5. The van der Waals surface area contributed by atoms with Gasteiger partial charge in [0.05, 0.1) is 5.69 Å². The van der Waals surface area contributed by atoms with E-state index >= 15 is 0 Å². The highest BCUT2D eigenvalue weighted by Gasteiger charge is 2.29. The summed E-state index contributed by atoms with van der Waals surface area (Å²) in [6, 6.07) is 7.63. The zero-order valence-electron chi connectivity index (χ0n) is 10.5. The number of benzene rings is 1. The molecule has 1 unspecified atom stereocenters. The molecule has 0 aliphatic carbocycles. The Balaban J connectivity index is 1.97. The highest BCUT2D eigenvalue weighted by atomic mass is 16.5. The Hall–Kier alpha value is -1.84. The molecule has 96 valence electrons. The van der Waals surface area contributed by atoms with Crippen LogP contribution in [0.25, 0.3) is 0 Å². The lowest BCUT2D eigenvalue weighted by Crippen LogP contribution is -2.36. The van der Waals surface area contributed by atoms with Crippen molar-refractivity contribution in [2.75, 3.05) is 11.4 Å². The fourth-order valence-electron chi connectivity index (χ4n) is 2.13. The summed E-state index contributed by atoms with van der Waals surface area (Å²) in [6.45, 7) is 2.33. The number of fused-ring (bicyclic) bond motifs is 1. The van der Waals surface area contributed by atoms with Crippen LogP contribution in [-0.4, -0.2) is 24.8 Å². The van der Waals surface area contributed by atoms with Gasteiger partial charge in [0.25, 0.3) is 0 Å². The van der Waals surface area contributed by atoms with Crippen molar-refractivity contribution in [3.63, 3.8) is 0 Å². The van der Waals surface area contributed by atoms with E-state index in [0.717, 1.165) is 37.1 Å². The van der Waals surface area contributed by atoms with E-state index in [4.69, 9.17) is 4.74 Å². The predicted octanol–water partition coefficient (Wildman–Crippen LogP) is 2.17. The third-order valence-corrected chi connectivity index (χ3v) is 3.02. The number of aldehydes is 1. The number of para-hydroxylation sites is 2. The van der Waals surface area contributed by atoms with Gasteiger partial charge in [0.15, 0.2) is 6.29 Å². The number of carbonyl (C=O) groups excluding carboxylic acids is 2. The highest BCUT2D eigenvalue weighted by molar-refractivity contribution is 5.75. The quantitative estimate of drug-likeness (QED) is 0.571. The second kappa shape index (κ2) is 5.67. The molecule has 2 rings (SSSR count). The third-order valence-electron chi connectivity index (χ3n) is 3.02. The van der Waals surface area contributed by atoms with Crippen molar-refractivity contribution in [1.29, 1.82) is 0 Å². The summed E-state index contributed by atoms with van der Waals surface area (Å²) >= 11 is 0. The Morgan fingerprint density at radius 3 is 2.89 bits per heavy atom. The van der Waals surface area contributed by atoms with E-state index in [0.29, 0.717) is 6.42 Å². The Labute approximate surface area is 107 Å². The van der Waals surface area contributed by atoms with Gasteiger partial charge in [0, 0.05) is 13.0 Å². The van der Waals surface area contributed by atoms with Gasteiger partial charge in [-0.3, -0.25) is 4.79 Å². The first-order valence-corrected chi connectivity index (χ1v) is 6.19. The van der Waals surface area contributed by atoms with Crippen LogP contribution in [-0.2, 0) is 9.59 Å². The molecule has 1 heterocycles. The summed E-state index contributed by atoms with van der Waals surface area (Å²) < 4.78 is 5.54. The Morgan fingerprint density at radius 1 is 1.39 bits per heavy atom. The van der Waals surface area contributed by atoms with Crippen LogP contribution in [0.2, 0.25) is 0 Å². The Morgan fingerprint density at radius 2 is 2.17 bits per heavy atom. The van der Waals surface area contributed by atoms with Gasteiger partial charge in [-0.05, 0) is 31.9 Å². The van der Waals surface area contributed by atoms with E-state index in [9.17, 15) is 9.59 Å². The lowest BCUT2D eigenvalue weighted by Gasteiger charge is -2.20. The number of nitrogens with zero attached hydrogens (tertiary/aromatic N) is 1. The molecule has 0 N–H and O–H groups in total. The summed E-state index contributed by atoms with van der Waals surface area (Å²) in [5.74, 6) is 0.959. The van der Waals surface area contributed by atoms with Gasteiger partial charge in [0.2, 0.25) is 6.23 Å². The van der Waals surface area contributed by atoms with Crippen LogP contribution >= 0.6 is 0 Å². The van der Waals surface area contributed by atoms with Gasteiger partial charge in [-0.25, -0.2) is 0 Å².